The Morgan fingerprint density at radius 1 is 1.07 bits per heavy atom. The molecule has 156 valence electrons. The summed E-state index contributed by atoms with van der Waals surface area (Å²) in [4.78, 5) is 26.8. The Morgan fingerprint density at radius 3 is 2.21 bits per heavy atom. The molecule has 1 aromatic carbocycles. The van der Waals surface area contributed by atoms with Crippen molar-refractivity contribution in [2.45, 2.75) is 53.6 Å². The number of esters is 1. The summed E-state index contributed by atoms with van der Waals surface area (Å²) in [6.45, 7) is 15.0. The molecule has 1 aromatic rings. The highest BCUT2D eigenvalue weighted by Crippen LogP contribution is 2.38. The van der Waals surface area contributed by atoms with Crippen LogP contribution in [0, 0.1) is 20.8 Å². The number of hydrogen-bond donors (Lipinski definition) is 2. The van der Waals surface area contributed by atoms with Crippen LogP contribution in [-0.2, 0) is 20.7 Å². The molecule has 2 N–H and O–H groups in total. The molecule has 0 unspecified atom stereocenters. The van der Waals surface area contributed by atoms with Crippen LogP contribution in [0.25, 0.3) is 0 Å². The van der Waals surface area contributed by atoms with Gasteiger partial charge in [0.2, 0.25) is 0 Å². The molecule has 2 rings (SSSR count). The predicted molar refractivity (Wildman–Crippen MR) is 111 cm³/mol. The maximum Gasteiger partial charge on any atom is 0.412 e. The van der Waals surface area contributed by atoms with E-state index < -0.39 is 11.7 Å². The molecule has 0 bridgehead atoms. The molecule has 1 amide bonds. The van der Waals surface area contributed by atoms with Gasteiger partial charge in [0, 0.05) is 31.9 Å². The van der Waals surface area contributed by atoms with Crippen LogP contribution in [0.15, 0.2) is 0 Å². The van der Waals surface area contributed by atoms with Gasteiger partial charge >= 0.3 is 12.1 Å². The number of anilines is 2. The van der Waals surface area contributed by atoms with Crippen LogP contribution in [0.2, 0.25) is 0 Å². The van der Waals surface area contributed by atoms with E-state index in [9.17, 15) is 9.59 Å². The molecule has 0 radical (unpaired) electrons. The highest BCUT2D eigenvalue weighted by molar-refractivity contribution is 5.91. The van der Waals surface area contributed by atoms with Gasteiger partial charge in [0.25, 0.3) is 0 Å². The molecular formula is C21H33N3O4. The largest absolute Gasteiger partial charge is 0.469 e. The smallest absolute Gasteiger partial charge is 0.412 e. The monoisotopic (exact) mass is 391 g/mol. The van der Waals surface area contributed by atoms with Crippen LogP contribution < -0.4 is 15.5 Å². The fourth-order valence-corrected chi connectivity index (χ4v) is 3.69. The number of methoxy groups -OCH3 is 1. The van der Waals surface area contributed by atoms with E-state index in [0.29, 0.717) is 5.69 Å². The first kappa shape index (κ1) is 22.0. The summed E-state index contributed by atoms with van der Waals surface area (Å²) in [5.41, 5.74) is 4.97. The number of amides is 1. The molecular weight excluding hydrogens is 358 g/mol. The van der Waals surface area contributed by atoms with Crippen molar-refractivity contribution in [3.63, 3.8) is 0 Å². The Bertz CT molecular complexity index is 747. The van der Waals surface area contributed by atoms with Crippen LogP contribution in [0.3, 0.4) is 0 Å². The second-order valence-corrected chi connectivity index (χ2v) is 8.19. The second-order valence-electron chi connectivity index (χ2n) is 8.19. The molecule has 0 saturated carbocycles. The minimum absolute atomic E-state index is 0.163. The van der Waals surface area contributed by atoms with E-state index in [1.54, 1.807) is 0 Å². The molecule has 0 aliphatic carbocycles. The number of hydrogen-bond acceptors (Lipinski definition) is 6. The maximum atomic E-state index is 12.4. The van der Waals surface area contributed by atoms with Gasteiger partial charge in [-0.3, -0.25) is 10.1 Å². The molecule has 1 heterocycles. The van der Waals surface area contributed by atoms with Crippen molar-refractivity contribution >= 4 is 23.4 Å². The van der Waals surface area contributed by atoms with Crippen molar-refractivity contribution in [1.82, 2.24) is 5.32 Å². The lowest BCUT2D eigenvalue weighted by molar-refractivity contribution is -0.139. The highest BCUT2D eigenvalue weighted by atomic mass is 16.6. The molecule has 7 heteroatoms. The zero-order valence-electron chi connectivity index (χ0n) is 18.1. The van der Waals surface area contributed by atoms with Gasteiger partial charge in [0.05, 0.1) is 19.2 Å². The number of rotatable bonds is 4. The first-order valence-corrected chi connectivity index (χ1v) is 9.70. The van der Waals surface area contributed by atoms with E-state index in [-0.39, 0.29) is 12.4 Å². The van der Waals surface area contributed by atoms with Crippen molar-refractivity contribution < 1.29 is 19.1 Å². The van der Waals surface area contributed by atoms with Crippen molar-refractivity contribution in [2.24, 2.45) is 0 Å². The molecule has 28 heavy (non-hydrogen) atoms. The minimum atomic E-state index is -0.590. The number of nitrogens with zero attached hydrogens (tertiary/aromatic N) is 1. The first-order valence-electron chi connectivity index (χ1n) is 9.70. The van der Waals surface area contributed by atoms with Gasteiger partial charge in [-0.2, -0.15) is 0 Å². The standard InChI is InChI=1S/C21H33N3O4/c1-13-16(12-17(25)27-7)14(2)19(24-10-8-22-9-11-24)15(3)18(13)23-20(26)28-21(4,5)6/h22H,8-12H2,1-7H3,(H,23,26). The number of carbonyl (C=O) groups is 2. The Kier molecular flexibility index (Phi) is 6.93. The van der Waals surface area contributed by atoms with Crippen LogP contribution in [0.5, 0.6) is 0 Å². The lowest BCUT2D eigenvalue weighted by atomic mass is 9.92. The number of piperazine rings is 1. The van der Waals surface area contributed by atoms with Crippen molar-refractivity contribution in [3.05, 3.63) is 22.3 Å². The van der Waals surface area contributed by atoms with E-state index in [1.165, 1.54) is 7.11 Å². The van der Waals surface area contributed by atoms with Crippen molar-refractivity contribution in [3.8, 4) is 0 Å². The van der Waals surface area contributed by atoms with Crippen molar-refractivity contribution in [1.29, 1.82) is 0 Å². The summed E-state index contributed by atoms with van der Waals surface area (Å²) in [5, 5.41) is 6.28. The molecule has 1 fully saturated rings. The zero-order chi connectivity index (χ0) is 21.1. The lowest BCUT2D eigenvalue weighted by Crippen LogP contribution is -2.44. The third-order valence-corrected chi connectivity index (χ3v) is 4.97. The number of ether oxygens (including phenoxy) is 2. The van der Waals surface area contributed by atoms with Crippen LogP contribution >= 0.6 is 0 Å². The summed E-state index contributed by atoms with van der Waals surface area (Å²) < 4.78 is 10.3. The fraction of sp³-hybridized carbons (Fsp3) is 0.619. The average Bonchev–Trinajstić information content (AvgIpc) is 2.61. The van der Waals surface area contributed by atoms with E-state index >= 15 is 0 Å². The Hall–Kier alpha value is -2.28. The number of carbonyl (C=O) groups excluding carboxylic acids is 2. The van der Waals surface area contributed by atoms with Gasteiger partial charge in [-0.25, -0.2) is 4.79 Å². The van der Waals surface area contributed by atoms with Gasteiger partial charge < -0.3 is 19.7 Å². The van der Waals surface area contributed by atoms with E-state index in [2.05, 4.69) is 15.5 Å². The molecule has 0 aromatic heterocycles. The van der Waals surface area contributed by atoms with E-state index in [0.717, 1.165) is 54.1 Å². The lowest BCUT2D eigenvalue weighted by Gasteiger charge is -2.34. The van der Waals surface area contributed by atoms with Crippen LogP contribution in [0.1, 0.15) is 43.0 Å². The quantitative estimate of drug-likeness (QED) is 0.768. The number of benzene rings is 1. The number of nitrogens with one attached hydrogen (secondary N) is 2. The average molecular weight is 392 g/mol. The molecule has 7 nitrogen and oxygen atoms in total. The van der Waals surface area contributed by atoms with Gasteiger partial charge in [0.1, 0.15) is 5.60 Å². The fourth-order valence-electron chi connectivity index (χ4n) is 3.69. The highest BCUT2D eigenvalue weighted by Gasteiger charge is 2.25. The Labute approximate surface area is 167 Å². The van der Waals surface area contributed by atoms with Gasteiger partial charge in [-0.1, -0.05) is 0 Å². The SMILES string of the molecule is COC(=O)Cc1c(C)c(NC(=O)OC(C)(C)C)c(C)c(N2CCNCC2)c1C. The second kappa shape index (κ2) is 8.82. The third kappa shape index (κ3) is 5.16. The van der Waals surface area contributed by atoms with Crippen LogP contribution in [0.4, 0.5) is 16.2 Å². The summed E-state index contributed by atoms with van der Waals surface area (Å²) in [5.74, 6) is -0.301. The summed E-state index contributed by atoms with van der Waals surface area (Å²) in [6, 6.07) is 0. The maximum absolute atomic E-state index is 12.4. The van der Waals surface area contributed by atoms with E-state index in [4.69, 9.17) is 9.47 Å². The van der Waals surface area contributed by atoms with Crippen molar-refractivity contribution in [2.75, 3.05) is 43.5 Å². The van der Waals surface area contributed by atoms with Gasteiger partial charge in [0.15, 0.2) is 0 Å². The van der Waals surface area contributed by atoms with Gasteiger partial charge in [-0.15, -0.1) is 0 Å². The molecule has 1 aliphatic rings. The Morgan fingerprint density at radius 2 is 1.68 bits per heavy atom. The topological polar surface area (TPSA) is 79.9 Å². The third-order valence-electron chi connectivity index (χ3n) is 4.97. The van der Waals surface area contributed by atoms with Crippen LogP contribution in [-0.4, -0.2) is 51.0 Å². The summed E-state index contributed by atoms with van der Waals surface area (Å²) in [6.07, 6.45) is -0.339. The normalized spacial score (nSPS) is 14.6. The Balaban J connectivity index is 2.53. The molecule has 0 atom stereocenters. The van der Waals surface area contributed by atoms with E-state index in [1.807, 2.05) is 41.5 Å². The molecule has 1 saturated heterocycles. The first-order chi connectivity index (χ1) is 13.0. The zero-order valence-corrected chi connectivity index (χ0v) is 18.1. The van der Waals surface area contributed by atoms with Gasteiger partial charge in [-0.05, 0) is 63.8 Å². The summed E-state index contributed by atoms with van der Waals surface area (Å²) in [7, 11) is 1.39. The molecule has 1 aliphatic heterocycles. The molecule has 0 spiro atoms. The predicted octanol–water partition coefficient (Wildman–Crippen LogP) is 3.08. The summed E-state index contributed by atoms with van der Waals surface area (Å²) >= 11 is 0. The minimum Gasteiger partial charge on any atom is -0.469 e.